The molecule has 0 spiro atoms. The lowest BCUT2D eigenvalue weighted by Crippen LogP contribution is -2.33. The molecule has 0 radical (unpaired) electrons. The van der Waals surface area contributed by atoms with Crippen molar-refractivity contribution in [1.29, 1.82) is 0 Å². The van der Waals surface area contributed by atoms with Crippen molar-refractivity contribution in [3.8, 4) is 5.75 Å². The minimum absolute atomic E-state index is 0.267. The molecule has 1 aromatic rings. The Kier molecular flexibility index (Phi) is 4.60. The van der Waals surface area contributed by atoms with Crippen LogP contribution in [0.3, 0.4) is 0 Å². The normalized spacial score (nSPS) is 18.9. The van der Waals surface area contributed by atoms with Crippen molar-refractivity contribution in [1.82, 2.24) is 9.97 Å². The number of methoxy groups -OCH3 is 1. The van der Waals surface area contributed by atoms with Gasteiger partial charge in [0.2, 0.25) is 0 Å². The second-order valence-corrected chi connectivity index (χ2v) is 4.55. The van der Waals surface area contributed by atoms with Crippen molar-refractivity contribution >= 4 is 17.4 Å². The highest BCUT2D eigenvalue weighted by atomic mass is 35.5. The minimum atomic E-state index is 0.267. The highest BCUT2D eigenvalue weighted by Crippen LogP contribution is 2.31. The van der Waals surface area contributed by atoms with E-state index in [1.165, 1.54) is 6.33 Å². The molecule has 2 rings (SSSR count). The Morgan fingerprint density at radius 1 is 1.56 bits per heavy atom. The Balaban J connectivity index is 2.18. The summed E-state index contributed by atoms with van der Waals surface area (Å²) >= 11 is 6.01. The van der Waals surface area contributed by atoms with E-state index in [4.69, 9.17) is 21.1 Å². The second kappa shape index (κ2) is 6.20. The summed E-state index contributed by atoms with van der Waals surface area (Å²) in [5.74, 6) is 1.26. The van der Waals surface area contributed by atoms with Crippen molar-refractivity contribution < 1.29 is 9.47 Å². The molecule has 0 N–H and O–H groups in total. The van der Waals surface area contributed by atoms with E-state index in [0.29, 0.717) is 10.9 Å². The van der Waals surface area contributed by atoms with Crippen molar-refractivity contribution in [2.45, 2.75) is 25.9 Å². The molecule has 1 saturated heterocycles. The van der Waals surface area contributed by atoms with Gasteiger partial charge in [0.25, 0.3) is 0 Å². The number of halogens is 1. The maximum atomic E-state index is 6.01. The summed E-state index contributed by atoms with van der Waals surface area (Å²) in [6.07, 6.45) is 3.95. The van der Waals surface area contributed by atoms with E-state index in [-0.39, 0.29) is 6.10 Å². The molecule has 6 heteroatoms. The Bertz CT molecular complexity index is 397. The maximum absolute atomic E-state index is 6.01. The highest BCUT2D eigenvalue weighted by molar-refractivity contribution is 6.31. The minimum Gasteiger partial charge on any atom is -0.490 e. The lowest BCUT2D eigenvalue weighted by molar-refractivity contribution is 0.115. The van der Waals surface area contributed by atoms with E-state index in [1.807, 2.05) is 0 Å². The standard InChI is InChI=1S/C12H18ClN3O2/c1-3-16(7-9-5-4-6-18-9)12-10(17-2)11(13)14-8-15-12/h8-9H,3-7H2,1-2H3. The van der Waals surface area contributed by atoms with Crippen LogP contribution in [0.25, 0.3) is 0 Å². The molecule has 2 heterocycles. The predicted molar refractivity (Wildman–Crippen MR) is 70.5 cm³/mol. The molecule has 1 aromatic heterocycles. The summed E-state index contributed by atoms with van der Waals surface area (Å²) in [6.45, 7) is 4.55. The van der Waals surface area contributed by atoms with E-state index in [9.17, 15) is 0 Å². The van der Waals surface area contributed by atoms with Crippen molar-refractivity contribution in [3.05, 3.63) is 11.5 Å². The first-order valence-corrected chi connectivity index (χ1v) is 6.55. The number of aromatic nitrogens is 2. The Labute approximate surface area is 112 Å². The Hall–Kier alpha value is -1.07. The van der Waals surface area contributed by atoms with Crippen molar-refractivity contribution in [2.24, 2.45) is 0 Å². The van der Waals surface area contributed by atoms with Gasteiger partial charge in [-0.15, -0.1) is 0 Å². The molecule has 1 unspecified atom stereocenters. The molecule has 1 fully saturated rings. The van der Waals surface area contributed by atoms with Crippen LogP contribution in [0, 0.1) is 0 Å². The summed E-state index contributed by atoms with van der Waals surface area (Å²) in [4.78, 5) is 10.3. The van der Waals surface area contributed by atoms with Crippen LogP contribution in [0.2, 0.25) is 5.15 Å². The first kappa shape index (κ1) is 13.4. The number of anilines is 1. The molecule has 100 valence electrons. The number of hydrogen-bond acceptors (Lipinski definition) is 5. The lowest BCUT2D eigenvalue weighted by atomic mass is 10.2. The van der Waals surface area contributed by atoms with E-state index in [2.05, 4.69) is 21.8 Å². The number of likely N-dealkylation sites (N-methyl/N-ethyl adjacent to an activating group) is 1. The summed E-state index contributed by atoms with van der Waals surface area (Å²) in [5.41, 5.74) is 0. The molecular formula is C12H18ClN3O2. The average Bonchev–Trinajstić information content (AvgIpc) is 2.88. The van der Waals surface area contributed by atoms with Gasteiger partial charge in [0.1, 0.15) is 6.33 Å². The van der Waals surface area contributed by atoms with Gasteiger partial charge in [0.15, 0.2) is 16.7 Å². The number of rotatable bonds is 5. The number of nitrogens with zero attached hydrogens (tertiary/aromatic N) is 3. The second-order valence-electron chi connectivity index (χ2n) is 4.19. The van der Waals surface area contributed by atoms with Gasteiger partial charge in [-0.05, 0) is 19.8 Å². The fourth-order valence-corrected chi connectivity index (χ4v) is 2.35. The largest absolute Gasteiger partial charge is 0.490 e. The molecule has 0 aliphatic carbocycles. The van der Waals surface area contributed by atoms with Gasteiger partial charge in [-0.1, -0.05) is 11.6 Å². The third kappa shape index (κ3) is 2.84. The maximum Gasteiger partial charge on any atom is 0.199 e. The van der Waals surface area contributed by atoms with Gasteiger partial charge in [-0.2, -0.15) is 0 Å². The van der Waals surface area contributed by atoms with Crippen molar-refractivity contribution in [2.75, 3.05) is 31.7 Å². The number of hydrogen-bond donors (Lipinski definition) is 0. The van der Waals surface area contributed by atoms with Gasteiger partial charge in [-0.3, -0.25) is 0 Å². The third-order valence-electron chi connectivity index (χ3n) is 3.07. The van der Waals surface area contributed by atoms with Crippen LogP contribution in [0.5, 0.6) is 5.75 Å². The van der Waals surface area contributed by atoms with Crippen LogP contribution in [-0.2, 0) is 4.74 Å². The topological polar surface area (TPSA) is 47.5 Å². The zero-order valence-electron chi connectivity index (χ0n) is 10.7. The van der Waals surface area contributed by atoms with Crippen LogP contribution in [0.4, 0.5) is 5.82 Å². The molecular weight excluding hydrogens is 254 g/mol. The Morgan fingerprint density at radius 2 is 2.39 bits per heavy atom. The first-order valence-electron chi connectivity index (χ1n) is 6.17. The molecule has 0 bridgehead atoms. The van der Waals surface area contributed by atoms with Crippen LogP contribution >= 0.6 is 11.6 Å². The molecule has 0 aromatic carbocycles. The third-order valence-corrected chi connectivity index (χ3v) is 3.34. The Morgan fingerprint density at radius 3 is 3.00 bits per heavy atom. The molecule has 0 saturated carbocycles. The van der Waals surface area contributed by atoms with Crippen LogP contribution in [0.15, 0.2) is 6.33 Å². The van der Waals surface area contributed by atoms with Crippen LogP contribution in [0.1, 0.15) is 19.8 Å². The van der Waals surface area contributed by atoms with E-state index >= 15 is 0 Å². The zero-order chi connectivity index (χ0) is 13.0. The van der Waals surface area contributed by atoms with Gasteiger partial charge in [-0.25, -0.2) is 9.97 Å². The SMILES string of the molecule is CCN(CC1CCCO1)c1ncnc(Cl)c1OC. The quantitative estimate of drug-likeness (QED) is 0.768. The van der Waals surface area contributed by atoms with Crippen LogP contribution < -0.4 is 9.64 Å². The van der Waals surface area contributed by atoms with E-state index in [0.717, 1.165) is 38.4 Å². The molecule has 1 aliphatic rings. The zero-order valence-corrected chi connectivity index (χ0v) is 11.5. The molecule has 1 atom stereocenters. The van der Waals surface area contributed by atoms with Gasteiger partial charge in [0, 0.05) is 19.7 Å². The first-order chi connectivity index (χ1) is 8.76. The fourth-order valence-electron chi connectivity index (χ4n) is 2.14. The fraction of sp³-hybridized carbons (Fsp3) is 0.667. The summed E-state index contributed by atoms with van der Waals surface area (Å²) < 4.78 is 10.9. The van der Waals surface area contributed by atoms with Crippen molar-refractivity contribution in [3.63, 3.8) is 0 Å². The van der Waals surface area contributed by atoms with Crippen LogP contribution in [-0.4, -0.2) is 42.9 Å². The molecule has 18 heavy (non-hydrogen) atoms. The monoisotopic (exact) mass is 271 g/mol. The van der Waals surface area contributed by atoms with Gasteiger partial charge in [0.05, 0.1) is 13.2 Å². The van der Waals surface area contributed by atoms with E-state index < -0.39 is 0 Å². The average molecular weight is 272 g/mol. The highest BCUT2D eigenvalue weighted by Gasteiger charge is 2.22. The molecule has 5 nitrogen and oxygen atoms in total. The molecule has 1 aliphatic heterocycles. The summed E-state index contributed by atoms with van der Waals surface area (Å²) in [6, 6.07) is 0. The van der Waals surface area contributed by atoms with Gasteiger partial charge < -0.3 is 14.4 Å². The van der Waals surface area contributed by atoms with Gasteiger partial charge >= 0.3 is 0 Å². The summed E-state index contributed by atoms with van der Waals surface area (Å²) in [5, 5.41) is 0.341. The predicted octanol–water partition coefficient (Wildman–Crippen LogP) is 2.14. The molecule has 0 amide bonds. The van der Waals surface area contributed by atoms with E-state index in [1.54, 1.807) is 7.11 Å². The summed E-state index contributed by atoms with van der Waals surface area (Å²) in [7, 11) is 1.58. The number of ether oxygens (including phenoxy) is 2. The lowest BCUT2D eigenvalue weighted by Gasteiger charge is -2.26. The smallest absolute Gasteiger partial charge is 0.199 e.